The second kappa shape index (κ2) is 9.19. The molecule has 0 saturated carbocycles. The summed E-state index contributed by atoms with van der Waals surface area (Å²) >= 11 is 0. The third-order valence-corrected chi connectivity index (χ3v) is 5.73. The van der Waals surface area contributed by atoms with Crippen molar-refractivity contribution in [2.75, 3.05) is 39.5 Å². The Morgan fingerprint density at radius 2 is 1.93 bits per heavy atom. The number of hydrogen-bond acceptors (Lipinski definition) is 6. The van der Waals surface area contributed by atoms with Gasteiger partial charge in [0, 0.05) is 25.2 Å². The van der Waals surface area contributed by atoms with E-state index < -0.39 is 12.0 Å². The molecule has 1 atom stereocenters. The predicted molar refractivity (Wildman–Crippen MR) is 106 cm³/mol. The van der Waals surface area contributed by atoms with E-state index in [0.717, 1.165) is 25.9 Å². The van der Waals surface area contributed by atoms with Crippen LogP contribution in [0.1, 0.15) is 25.7 Å². The van der Waals surface area contributed by atoms with Gasteiger partial charge in [0.1, 0.15) is 11.7 Å². The molecule has 158 valence electrons. The molecule has 3 saturated heterocycles. The molecule has 0 spiro atoms. The molecule has 4 aliphatic heterocycles. The average molecular weight is 436 g/mol. The number of piperidine rings is 1. The monoisotopic (exact) mass is 435 g/mol. The van der Waals surface area contributed by atoms with Crippen molar-refractivity contribution in [2.45, 2.75) is 37.8 Å². The Kier molecular flexibility index (Phi) is 7.41. The Labute approximate surface area is 176 Å². The predicted octanol–water partition coefficient (Wildman–Crippen LogP) is -0.126. The first kappa shape index (κ1) is 22.6. The first-order valence-corrected chi connectivity index (χ1v) is 9.29. The molecule has 0 aromatic rings. The molecule has 0 radical (unpaired) electrons. The summed E-state index contributed by atoms with van der Waals surface area (Å²) in [5, 5.41) is 12.9. The number of carbonyl (C=O) groups excluding carboxylic acids is 2. The smallest absolute Gasteiger partial charge is 0.328 e. The lowest BCUT2D eigenvalue weighted by Gasteiger charge is -2.32. The van der Waals surface area contributed by atoms with Crippen LogP contribution < -0.4 is 5.32 Å². The first-order chi connectivity index (χ1) is 12.5. The van der Waals surface area contributed by atoms with Crippen LogP contribution in [-0.2, 0) is 14.4 Å². The minimum Gasteiger partial charge on any atom is -0.480 e. The van der Waals surface area contributed by atoms with Gasteiger partial charge in [0.2, 0.25) is 5.91 Å². The summed E-state index contributed by atoms with van der Waals surface area (Å²) in [5.41, 5.74) is 0.639. The third-order valence-electron chi connectivity index (χ3n) is 5.73. The summed E-state index contributed by atoms with van der Waals surface area (Å²) in [6.07, 6.45) is 4.82. The van der Waals surface area contributed by atoms with E-state index in [1.165, 1.54) is 4.90 Å². The largest absolute Gasteiger partial charge is 0.480 e. The van der Waals surface area contributed by atoms with Crippen LogP contribution in [-0.4, -0.2) is 94.1 Å². The van der Waals surface area contributed by atoms with Crippen molar-refractivity contribution in [3.05, 3.63) is 11.9 Å². The summed E-state index contributed by atoms with van der Waals surface area (Å²) in [6.45, 7) is 3.63. The molecule has 4 heterocycles. The Balaban J connectivity index is 0.00000140. The molecule has 0 aliphatic carbocycles. The fourth-order valence-electron chi connectivity index (χ4n) is 4.34. The standard InChI is InChI=1S/C17H25N5O4.2ClH/c23-15-2-1-7-21(15)14(17(25)26)9-19-8-13-16(24)22(11-20(13)10-19)12-3-5-18-6-4-12;;/h8,12,14,18H,1-7,9-11H2,(H,25,26);2*1H. The fraction of sp³-hybridized carbons (Fsp3) is 0.706. The maximum absolute atomic E-state index is 12.7. The molecule has 4 aliphatic rings. The van der Waals surface area contributed by atoms with Gasteiger partial charge in [-0.3, -0.25) is 9.59 Å². The number of aliphatic carboxylic acids is 1. The number of halogens is 2. The maximum Gasteiger partial charge on any atom is 0.328 e. The number of likely N-dealkylation sites (tertiary alicyclic amines) is 1. The SMILES string of the molecule is Cl.Cl.O=C(O)C(CN1C=C2C(=O)N(C3CCNCC3)CN2C1)N1CCCC1=O. The minimum absolute atomic E-state index is 0. The summed E-state index contributed by atoms with van der Waals surface area (Å²) in [7, 11) is 0. The Morgan fingerprint density at radius 1 is 1.21 bits per heavy atom. The van der Waals surface area contributed by atoms with Crippen LogP contribution in [0, 0.1) is 0 Å². The van der Waals surface area contributed by atoms with E-state index in [0.29, 0.717) is 38.4 Å². The van der Waals surface area contributed by atoms with E-state index in [1.807, 2.05) is 14.7 Å². The molecule has 0 bridgehead atoms. The maximum atomic E-state index is 12.7. The highest BCUT2D eigenvalue weighted by atomic mass is 35.5. The number of nitrogens with one attached hydrogen (secondary N) is 1. The normalized spacial score (nSPS) is 23.4. The molecule has 28 heavy (non-hydrogen) atoms. The van der Waals surface area contributed by atoms with Gasteiger partial charge in [0.05, 0.1) is 19.9 Å². The number of nitrogens with zero attached hydrogens (tertiary/aromatic N) is 4. The van der Waals surface area contributed by atoms with Gasteiger partial charge in [-0.25, -0.2) is 4.79 Å². The van der Waals surface area contributed by atoms with Crippen LogP contribution in [0.2, 0.25) is 0 Å². The van der Waals surface area contributed by atoms with Crippen LogP contribution in [0.4, 0.5) is 0 Å². The summed E-state index contributed by atoms with van der Waals surface area (Å²) in [4.78, 5) is 43.5. The summed E-state index contributed by atoms with van der Waals surface area (Å²) in [6, 6.07) is -0.588. The highest BCUT2D eigenvalue weighted by Crippen LogP contribution is 2.29. The van der Waals surface area contributed by atoms with E-state index in [9.17, 15) is 19.5 Å². The van der Waals surface area contributed by atoms with Gasteiger partial charge >= 0.3 is 5.97 Å². The van der Waals surface area contributed by atoms with Gasteiger partial charge in [0.25, 0.3) is 5.91 Å². The van der Waals surface area contributed by atoms with Crippen molar-refractivity contribution in [3.63, 3.8) is 0 Å². The van der Waals surface area contributed by atoms with E-state index in [1.54, 1.807) is 6.20 Å². The number of hydrogen-bond donors (Lipinski definition) is 2. The number of carbonyl (C=O) groups is 3. The first-order valence-electron chi connectivity index (χ1n) is 9.29. The van der Waals surface area contributed by atoms with Crippen molar-refractivity contribution < 1.29 is 19.5 Å². The van der Waals surface area contributed by atoms with Crippen LogP contribution in [0.3, 0.4) is 0 Å². The zero-order valence-corrected chi connectivity index (χ0v) is 17.2. The van der Waals surface area contributed by atoms with Crippen LogP contribution in [0.15, 0.2) is 11.9 Å². The Bertz CT molecular complexity index is 655. The van der Waals surface area contributed by atoms with Crippen molar-refractivity contribution >= 4 is 42.6 Å². The molecule has 2 amide bonds. The van der Waals surface area contributed by atoms with E-state index in [4.69, 9.17) is 0 Å². The molecule has 9 nitrogen and oxygen atoms in total. The zero-order valence-electron chi connectivity index (χ0n) is 15.6. The number of fused-ring (bicyclic) bond motifs is 1. The van der Waals surface area contributed by atoms with Gasteiger partial charge in [-0.1, -0.05) is 0 Å². The average Bonchev–Trinajstić information content (AvgIpc) is 3.30. The van der Waals surface area contributed by atoms with Gasteiger partial charge in [-0.05, 0) is 32.4 Å². The summed E-state index contributed by atoms with van der Waals surface area (Å²) < 4.78 is 0. The zero-order chi connectivity index (χ0) is 18.3. The fourth-order valence-corrected chi connectivity index (χ4v) is 4.34. The van der Waals surface area contributed by atoms with Crippen molar-refractivity contribution in [1.29, 1.82) is 0 Å². The second-order valence-electron chi connectivity index (χ2n) is 7.41. The van der Waals surface area contributed by atoms with Gasteiger partial charge in [-0.15, -0.1) is 24.8 Å². The molecule has 1 unspecified atom stereocenters. The van der Waals surface area contributed by atoms with Gasteiger partial charge < -0.3 is 30.0 Å². The topological polar surface area (TPSA) is 96.4 Å². The second-order valence-corrected chi connectivity index (χ2v) is 7.41. The molecule has 2 N–H and O–H groups in total. The van der Waals surface area contributed by atoms with Crippen molar-refractivity contribution in [1.82, 2.24) is 24.9 Å². The summed E-state index contributed by atoms with van der Waals surface area (Å²) in [5.74, 6) is -1.06. The molecule has 0 aromatic heterocycles. The van der Waals surface area contributed by atoms with Crippen LogP contribution in [0.25, 0.3) is 0 Å². The quantitative estimate of drug-likeness (QED) is 0.620. The molecule has 11 heteroatoms. The molecular weight excluding hydrogens is 409 g/mol. The van der Waals surface area contributed by atoms with Crippen molar-refractivity contribution in [3.8, 4) is 0 Å². The number of carboxylic acid groups (broad SMARTS) is 1. The van der Waals surface area contributed by atoms with E-state index in [-0.39, 0.29) is 49.2 Å². The lowest BCUT2D eigenvalue weighted by atomic mass is 10.1. The van der Waals surface area contributed by atoms with E-state index >= 15 is 0 Å². The van der Waals surface area contributed by atoms with E-state index in [2.05, 4.69) is 5.32 Å². The molecule has 3 fully saturated rings. The highest BCUT2D eigenvalue weighted by Gasteiger charge is 2.42. The molecule has 0 aromatic carbocycles. The number of carboxylic acids is 1. The Hall–Kier alpha value is -1.71. The van der Waals surface area contributed by atoms with Crippen LogP contribution in [0.5, 0.6) is 0 Å². The lowest BCUT2D eigenvalue weighted by molar-refractivity contribution is -0.148. The highest BCUT2D eigenvalue weighted by molar-refractivity contribution is 5.95. The Morgan fingerprint density at radius 3 is 2.50 bits per heavy atom. The third kappa shape index (κ3) is 4.16. The molecule has 4 rings (SSSR count). The number of amides is 2. The minimum atomic E-state index is -0.992. The van der Waals surface area contributed by atoms with Gasteiger partial charge in [-0.2, -0.15) is 0 Å². The lowest BCUT2D eigenvalue weighted by Crippen LogP contribution is -2.49. The van der Waals surface area contributed by atoms with Gasteiger partial charge in [0.15, 0.2) is 0 Å². The molecular formula is C17H27Cl2N5O4. The van der Waals surface area contributed by atoms with Crippen molar-refractivity contribution in [2.24, 2.45) is 0 Å². The van der Waals surface area contributed by atoms with Crippen LogP contribution >= 0.6 is 24.8 Å². The number of rotatable bonds is 5.